The summed E-state index contributed by atoms with van der Waals surface area (Å²) in [5.41, 5.74) is 6.15. The fourth-order valence-electron chi connectivity index (χ4n) is 2.33. The van der Waals surface area contributed by atoms with Crippen molar-refractivity contribution in [2.24, 2.45) is 11.7 Å². The molecule has 3 N–H and O–H groups in total. The van der Waals surface area contributed by atoms with Gasteiger partial charge in [-0.05, 0) is 32.2 Å². The Hall–Kier alpha value is -0.120. The normalized spacial score (nSPS) is 21.8. The van der Waals surface area contributed by atoms with Crippen LogP contribution < -0.4 is 5.73 Å². The van der Waals surface area contributed by atoms with E-state index in [9.17, 15) is 5.11 Å². The molecule has 0 aromatic carbocycles. The van der Waals surface area contributed by atoms with E-state index in [4.69, 9.17) is 5.73 Å². The highest BCUT2D eigenvalue weighted by molar-refractivity contribution is 4.88. The van der Waals surface area contributed by atoms with Crippen LogP contribution in [-0.2, 0) is 0 Å². The molecule has 2 unspecified atom stereocenters. The Bertz CT molecular complexity index is 180. The van der Waals surface area contributed by atoms with Crippen LogP contribution in [0.5, 0.6) is 0 Å². The Morgan fingerprint density at radius 3 is 2.33 bits per heavy atom. The van der Waals surface area contributed by atoms with Crippen molar-refractivity contribution in [3.63, 3.8) is 0 Å². The van der Waals surface area contributed by atoms with Crippen molar-refractivity contribution in [2.45, 2.75) is 57.7 Å². The van der Waals surface area contributed by atoms with Crippen molar-refractivity contribution in [3.8, 4) is 0 Å². The predicted molar refractivity (Wildman–Crippen MR) is 63.7 cm³/mol. The number of aliphatic hydroxyl groups is 1. The zero-order valence-electron chi connectivity index (χ0n) is 10.3. The van der Waals surface area contributed by atoms with Crippen molar-refractivity contribution in [3.05, 3.63) is 0 Å². The lowest BCUT2D eigenvalue weighted by Crippen LogP contribution is -2.54. The first kappa shape index (κ1) is 12.9. The molecule has 1 aliphatic rings. The lowest BCUT2D eigenvalue weighted by atomic mass is 9.88. The second kappa shape index (κ2) is 5.83. The number of hydrogen-bond acceptors (Lipinski definition) is 3. The Morgan fingerprint density at radius 2 is 2.00 bits per heavy atom. The number of rotatable bonds is 6. The number of nitrogens with zero attached hydrogens (tertiary/aromatic N) is 1. The van der Waals surface area contributed by atoms with Crippen LogP contribution in [0.2, 0.25) is 0 Å². The van der Waals surface area contributed by atoms with E-state index in [2.05, 4.69) is 25.8 Å². The molecule has 1 aliphatic carbocycles. The minimum absolute atomic E-state index is 0.0978. The molecular formula is C12H26N2O. The first-order valence-corrected chi connectivity index (χ1v) is 6.14. The van der Waals surface area contributed by atoms with Crippen molar-refractivity contribution >= 4 is 0 Å². The molecular weight excluding hydrogens is 188 g/mol. The topological polar surface area (TPSA) is 49.5 Å². The van der Waals surface area contributed by atoms with Crippen LogP contribution in [0.3, 0.4) is 0 Å². The van der Waals surface area contributed by atoms with Crippen molar-refractivity contribution in [1.29, 1.82) is 0 Å². The summed E-state index contributed by atoms with van der Waals surface area (Å²) < 4.78 is 0. The van der Waals surface area contributed by atoms with Crippen LogP contribution in [0.15, 0.2) is 0 Å². The van der Waals surface area contributed by atoms with E-state index in [0.717, 1.165) is 6.42 Å². The van der Waals surface area contributed by atoms with Crippen LogP contribution in [0.25, 0.3) is 0 Å². The molecule has 1 fully saturated rings. The average molecular weight is 214 g/mol. The van der Waals surface area contributed by atoms with Crippen LogP contribution in [-0.4, -0.2) is 41.8 Å². The molecule has 3 nitrogen and oxygen atoms in total. The largest absolute Gasteiger partial charge is 0.395 e. The summed E-state index contributed by atoms with van der Waals surface area (Å²) in [5.74, 6) is 0.601. The number of likely N-dealkylation sites (N-methyl/N-ethyl adjacent to an activating group) is 1. The van der Waals surface area contributed by atoms with Crippen molar-refractivity contribution in [1.82, 2.24) is 4.90 Å². The molecule has 0 aromatic rings. The van der Waals surface area contributed by atoms with Gasteiger partial charge in [0.15, 0.2) is 0 Å². The van der Waals surface area contributed by atoms with Crippen LogP contribution in [0.4, 0.5) is 0 Å². The summed E-state index contributed by atoms with van der Waals surface area (Å²) in [7, 11) is 2.10. The van der Waals surface area contributed by atoms with Gasteiger partial charge in [-0.1, -0.05) is 20.3 Å². The van der Waals surface area contributed by atoms with Gasteiger partial charge < -0.3 is 10.8 Å². The molecule has 0 aromatic heterocycles. The lowest BCUT2D eigenvalue weighted by Gasteiger charge is -2.41. The maximum absolute atomic E-state index is 9.43. The molecule has 0 bridgehead atoms. The van der Waals surface area contributed by atoms with Gasteiger partial charge in [-0.25, -0.2) is 0 Å². The number of hydrogen-bond donors (Lipinski definition) is 2. The summed E-state index contributed by atoms with van der Waals surface area (Å²) in [6.45, 7) is 4.54. The van der Waals surface area contributed by atoms with E-state index < -0.39 is 0 Å². The maximum Gasteiger partial charge on any atom is 0.0601 e. The molecule has 2 atom stereocenters. The summed E-state index contributed by atoms with van der Waals surface area (Å²) in [6.07, 6.45) is 4.84. The monoisotopic (exact) mass is 214 g/mol. The van der Waals surface area contributed by atoms with Gasteiger partial charge in [0, 0.05) is 18.1 Å². The highest BCUT2D eigenvalue weighted by Crippen LogP contribution is 2.26. The SMILES string of the molecule is CC(C)CC(N)C(CO)N(C)C1CCC1. The van der Waals surface area contributed by atoms with Gasteiger partial charge in [0.2, 0.25) is 0 Å². The summed E-state index contributed by atoms with van der Waals surface area (Å²) in [6, 6.07) is 0.888. The molecule has 1 saturated carbocycles. The zero-order valence-corrected chi connectivity index (χ0v) is 10.3. The third-order valence-electron chi connectivity index (χ3n) is 3.60. The van der Waals surface area contributed by atoms with E-state index in [1.54, 1.807) is 0 Å². The van der Waals surface area contributed by atoms with E-state index in [0.29, 0.717) is 12.0 Å². The van der Waals surface area contributed by atoms with E-state index >= 15 is 0 Å². The highest BCUT2D eigenvalue weighted by Gasteiger charge is 2.30. The van der Waals surface area contributed by atoms with E-state index in [1.807, 2.05) is 0 Å². The minimum Gasteiger partial charge on any atom is -0.395 e. The third-order valence-corrected chi connectivity index (χ3v) is 3.60. The smallest absolute Gasteiger partial charge is 0.0601 e. The highest BCUT2D eigenvalue weighted by atomic mass is 16.3. The quantitative estimate of drug-likeness (QED) is 0.698. The molecule has 0 heterocycles. The zero-order chi connectivity index (χ0) is 11.4. The van der Waals surface area contributed by atoms with Crippen molar-refractivity contribution in [2.75, 3.05) is 13.7 Å². The van der Waals surface area contributed by atoms with Gasteiger partial charge in [0.05, 0.1) is 6.61 Å². The third kappa shape index (κ3) is 3.44. The average Bonchev–Trinajstić information content (AvgIpc) is 1.99. The number of aliphatic hydroxyl groups excluding tert-OH is 1. The van der Waals surface area contributed by atoms with Crippen LogP contribution >= 0.6 is 0 Å². The summed E-state index contributed by atoms with van der Waals surface area (Å²) >= 11 is 0. The maximum atomic E-state index is 9.43. The Morgan fingerprint density at radius 1 is 1.40 bits per heavy atom. The van der Waals surface area contributed by atoms with Gasteiger partial charge in [0.25, 0.3) is 0 Å². The molecule has 0 radical (unpaired) electrons. The molecule has 1 rings (SSSR count). The molecule has 0 saturated heterocycles. The summed E-state index contributed by atoms with van der Waals surface area (Å²) in [5, 5.41) is 9.43. The molecule has 15 heavy (non-hydrogen) atoms. The Labute approximate surface area is 93.6 Å². The van der Waals surface area contributed by atoms with Crippen LogP contribution in [0, 0.1) is 5.92 Å². The lowest BCUT2D eigenvalue weighted by molar-refractivity contribution is 0.0532. The molecule has 0 amide bonds. The molecule has 90 valence electrons. The summed E-state index contributed by atoms with van der Waals surface area (Å²) in [4.78, 5) is 2.29. The van der Waals surface area contributed by atoms with Gasteiger partial charge in [-0.2, -0.15) is 0 Å². The van der Waals surface area contributed by atoms with E-state index in [1.165, 1.54) is 19.3 Å². The van der Waals surface area contributed by atoms with Gasteiger partial charge in [-0.15, -0.1) is 0 Å². The predicted octanol–water partition coefficient (Wildman–Crippen LogP) is 1.21. The Kier molecular flexibility index (Phi) is 5.03. The second-order valence-electron chi connectivity index (χ2n) is 5.29. The first-order valence-electron chi connectivity index (χ1n) is 6.14. The van der Waals surface area contributed by atoms with E-state index in [-0.39, 0.29) is 18.7 Å². The minimum atomic E-state index is 0.0978. The molecule has 0 spiro atoms. The molecule has 3 heteroatoms. The van der Waals surface area contributed by atoms with Crippen molar-refractivity contribution < 1.29 is 5.11 Å². The Balaban J connectivity index is 2.44. The fraction of sp³-hybridized carbons (Fsp3) is 1.00. The molecule has 0 aliphatic heterocycles. The van der Waals surface area contributed by atoms with Crippen LogP contribution in [0.1, 0.15) is 39.5 Å². The number of nitrogens with two attached hydrogens (primary N) is 1. The fourth-order valence-corrected chi connectivity index (χ4v) is 2.33. The standard InChI is InChI=1S/C12H26N2O/c1-9(2)7-11(13)12(8-15)14(3)10-5-4-6-10/h9-12,15H,4-8,13H2,1-3H3. The first-order chi connectivity index (χ1) is 7.06. The van der Waals surface area contributed by atoms with Gasteiger partial charge >= 0.3 is 0 Å². The second-order valence-corrected chi connectivity index (χ2v) is 5.29. The van der Waals surface area contributed by atoms with Gasteiger partial charge in [-0.3, -0.25) is 4.90 Å². The van der Waals surface area contributed by atoms with Gasteiger partial charge in [0.1, 0.15) is 0 Å².